The predicted molar refractivity (Wildman–Crippen MR) is 110 cm³/mol. The maximum Gasteiger partial charge on any atom is 0.257 e. The van der Waals surface area contributed by atoms with E-state index in [9.17, 15) is 4.79 Å². The molecule has 4 heteroatoms. The van der Waals surface area contributed by atoms with Gasteiger partial charge in [-0.25, -0.2) is 0 Å². The summed E-state index contributed by atoms with van der Waals surface area (Å²) in [6.07, 6.45) is 4.45. The van der Waals surface area contributed by atoms with E-state index in [4.69, 9.17) is 0 Å². The Labute approximate surface area is 159 Å². The van der Waals surface area contributed by atoms with Gasteiger partial charge in [-0.05, 0) is 41.7 Å². The van der Waals surface area contributed by atoms with E-state index in [1.165, 1.54) is 11.3 Å². The van der Waals surface area contributed by atoms with Crippen LogP contribution in [0.2, 0.25) is 0 Å². The van der Waals surface area contributed by atoms with Gasteiger partial charge in [0, 0.05) is 24.1 Å². The number of nitrogens with one attached hydrogen (secondary N) is 1. The van der Waals surface area contributed by atoms with Crippen molar-refractivity contribution in [3.05, 3.63) is 83.7 Å². The van der Waals surface area contributed by atoms with E-state index in [1.807, 2.05) is 36.5 Å². The molecule has 4 nitrogen and oxygen atoms in total. The zero-order valence-corrected chi connectivity index (χ0v) is 15.6. The van der Waals surface area contributed by atoms with Gasteiger partial charge in [0.2, 0.25) is 0 Å². The van der Waals surface area contributed by atoms with Gasteiger partial charge in [-0.1, -0.05) is 50.2 Å². The third kappa shape index (κ3) is 3.43. The smallest absolute Gasteiger partial charge is 0.257 e. The van der Waals surface area contributed by atoms with Crippen molar-refractivity contribution < 1.29 is 4.79 Å². The Morgan fingerprint density at radius 1 is 1.07 bits per heavy atom. The van der Waals surface area contributed by atoms with Gasteiger partial charge >= 0.3 is 0 Å². The zero-order chi connectivity index (χ0) is 18.8. The average molecular weight is 357 g/mol. The largest absolute Gasteiger partial charge is 0.340 e. The van der Waals surface area contributed by atoms with Crippen molar-refractivity contribution in [2.45, 2.75) is 26.2 Å². The molecule has 0 saturated carbocycles. The zero-order valence-electron chi connectivity index (χ0n) is 15.6. The second-order valence-electron chi connectivity index (χ2n) is 7.16. The first-order chi connectivity index (χ1) is 13.1. The third-order valence-electron chi connectivity index (χ3n) is 5.02. The lowest BCUT2D eigenvalue weighted by molar-refractivity contribution is 0.102. The standard InChI is InChI=1S/C23H23N3O/c1-16(2)20-8-4-5-9-21(20)25-23(27)18-13-19(15-24-14-18)26-12-11-17-7-3-6-10-22(17)26/h3-10,13-16H,11-12H2,1-2H3,(H,25,27). The summed E-state index contributed by atoms with van der Waals surface area (Å²) in [7, 11) is 0. The molecule has 2 aromatic carbocycles. The van der Waals surface area contributed by atoms with Gasteiger partial charge in [-0.15, -0.1) is 0 Å². The number of fused-ring (bicyclic) bond motifs is 1. The van der Waals surface area contributed by atoms with E-state index in [0.717, 1.165) is 29.9 Å². The number of pyridine rings is 1. The van der Waals surface area contributed by atoms with E-state index in [2.05, 4.69) is 53.3 Å². The molecule has 0 bridgehead atoms. The SMILES string of the molecule is CC(C)c1ccccc1NC(=O)c1cncc(N2CCc3ccccc32)c1. The molecule has 0 unspecified atom stereocenters. The van der Waals surface area contributed by atoms with Gasteiger partial charge in [0.05, 0.1) is 17.4 Å². The van der Waals surface area contributed by atoms with Crippen molar-refractivity contribution in [3.63, 3.8) is 0 Å². The quantitative estimate of drug-likeness (QED) is 0.702. The Morgan fingerprint density at radius 3 is 2.70 bits per heavy atom. The van der Waals surface area contributed by atoms with Crippen molar-refractivity contribution in [2.24, 2.45) is 0 Å². The highest BCUT2D eigenvalue weighted by Gasteiger charge is 2.21. The van der Waals surface area contributed by atoms with E-state index in [-0.39, 0.29) is 5.91 Å². The molecule has 0 radical (unpaired) electrons. The molecule has 2 heterocycles. The number of rotatable bonds is 4. The molecule has 3 aromatic rings. The summed E-state index contributed by atoms with van der Waals surface area (Å²) in [5.41, 5.74) is 6.03. The summed E-state index contributed by atoms with van der Waals surface area (Å²) in [6, 6.07) is 18.2. The molecule has 0 atom stereocenters. The molecule has 4 rings (SSSR count). The number of carbonyl (C=O) groups excluding carboxylic acids is 1. The van der Waals surface area contributed by atoms with E-state index < -0.39 is 0 Å². The molecular weight excluding hydrogens is 334 g/mol. The molecule has 0 fully saturated rings. The molecule has 1 aromatic heterocycles. The Bertz CT molecular complexity index is 981. The Morgan fingerprint density at radius 2 is 1.85 bits per heavy atom. The first-order valence-corrected chi connectivity index (χ1v) is 9.34. The summed E-state index contributed by atoms with van der Waals surface area (Å²) in [4.78, 5) is 19.4. The predicted octanol–water partition coefficient (Wildman–Crippen LogP) is 5.15. The highest BCUT2D eigenvalue weighted by atomic mass is 16.1. The van der Waals surface area contributed by atoms with Gasteiger partial charge in [0.1, 0.15) is 0 Å². The lowest BCUT2D eigenvalue weighted by Gasteiger charge is -2.20. The molecule has 1 N–H and O–H groups in total. The highest BCUT2D eigenvalue weighted by Crippen LogP contribution is 2.34. The van der Waals surface area contributed by atoms with Crippen LogP contribution in [0.5, 0.6) is 0 Å². The number of amides is 1. The van der Waals surface area contributed by atoms with Crippen LogP contribution in [0.1, 0.15) is 41.3 Å². The number of carbonyl (C=O) groups is 1. The van der Waals surface area contributed by atoms with Gasteiger partial charge in [0.15, 0.2) is 0 Å². The molecule has 0 spiro atoms. The number of aromatic nitrogens is 1. The summed E-state index contributed by atoms with van der Waals surface area (Å²) >= 11 is 0. The second-order valence-corrected chi connectivity index (χ2v) is 7.16. The minimum atomic E-state index is -0.134. The summed E-state index contributed by atoms with van der Waals surface area (Å²) in [6.45, 7) is 5.15. The molecule has 1 aliphatic rings. The summed E-state index contributed by atoms with van der Waals surface area (Å²) in [5, 5.41) is 3.05. The first-order valence-electron chi connectivity index (χ1n) is 9.34. The fourth-order valence-electron chi connectivity index (χ4n) is 3.61. The van der Waals surface area contributed by atoms with Crippen LogP contribution in [-0.2, 0) is 6.42 Å². The van der Waals surface area contributed by atoms with Crippen LogP contribution in [0, 0.1) is 0 Å². The van der Waals surface area contributed by atoms with Crippen LogP contribution in [0.4, 0.5) is 17.1 Å². The van der Waals surface area contributed by atoms with Crippen molar-refractivity contribution in [1.82, 2.24) is 4.98 Å². The molecular formula is C23H23N3O. The molecule has 27 heavy (non-hydrogen) atoms. The van der Waals surface area contributed by atoms with Crippen LogP contribution < -0.4 is 10.2 Å². The van der Waals surface area contributed by atoms with Crippen LogP contribution in [0.15, 0.2) is 67.0 Å². The van der Waals surface area contributed by atoms with E-state index in [1.54, 1.807) is 6.20 Å². The molecule has 0 saturated heterocycles. The minimum absolute atomic E-state index is 0.134. The van der Waals surface area contributed by atoms with Crippen LogP contribution >= 0.6 is 0 Å². The third-order valence-corrected chi connectivity index (χ3v) is 5.02. The Balaban J connectivity index is 1.59. The second kappa shape index (κ2) is 7.23. The molecule has 136 valence electrons. The number of hydrogen-bond donors (Lipinski definition) is 1. The van der Waals surface area contributed by atoms with Crippen LogP contribution in [0.25, 0.3) is 0 Å². The highest BCUT2D eigenvalue weighted by molar-refractivity contribution is 6.05. The Kier molecular flexibility index (Phi) is 4.63. The molecule has 1 aliphatic heterocycles. The maximum absolute atomic E-state index is 12.8. The van der Waals surface area contributed by atoms with Gasteiger partial charge in [0.25, 0.3) is 5.91 Å². The topological polar surface area (TPSA) is 45.2 Å². The maximum atomic E-state index is 12.8. The van der Waals surface area contributed by atoms with Crippen LogP contribution in [-0.4, -0.2) is 17.4 Å². The van der Waals surface area contributed by atoms with Crippen molar-refractivity contribution >= 4 is 23.0 Å². The average Bonchev–Trinajstić information content (AvgIpc) is 3.12. The fraction of sp³-hybridized carbons (Fsp3) is 0.217. The van der Waals surface area contributed by atoms with Crippen molar-refractivity contribution in [1.29, 1.82) is 0 Å². The van der Waals surface area contributed by atoms with Gasteiger partial charge in [-0.2, -0.15) is 0 Å². The van der Waals surface area contributed by atoms with E-state index in [0.29, 0.717) is 11.5 Å². The first kappa shape index (κ1) is 17.3. The number of benzene rings is 2. The van der Waals surface area contributed by atoms with E-state index >= 15 is 0 Å². The lowest BCUT2D eigenvalue weighted by atomic mass is 10.0. The fourth-order valence-corrected chi connectivity index (χ4v) is 3.61. The molecule has 0 aliphatic carbocycles. The number of anilines is 3. The molecule has 1 amide bonds. The minimum Gasteiger partial charge on any atom is -0.340 e. The van der Waals surface area contributed by atoms with Gasteiger partial charge < -0.3 is 10.2 Å². The number of nitrogens with zero attached hydrogens (tertiary/aromatic N) is 2. The van der Waals surface area contributed by atoms with Crippen molar-refractivity contribution in [3.8, 4) is 0 Å². The van der Waals surface area contributed by atoms with Crippen LogP contribution in [0.3, 0.4) is 0 Å². The monoisotopic (exact) mass is 357 g/mol. The summed E-state index contributed by atoms with van der Waals surface area (Å²) < 4.78 is 0. The van der Waals surface area contributed by atoms with Crippen molar-refractivity contribution in [2.75, 3.05) is 16.8 Å². The number of para-hydroxylation sites is 2. The number of hydrogen-bond acceptors (Lipinski definition) is 3. The summed E-state index contributed by atoms with van der Waals surface area (Å²) in [5.74, 6) is 0.206. The Hall–Kier alpha value is -3.14. The normalized spacial score (nSPS) is 12.9. The lowest BCUT2D eigenvalue weighted by Crippen LogP contribution is -2.17. The van der Waals surface area contributed by atoms with Gasteiger partial charge in [-0.3, -0.25) is 9.78 Å².